The van der Waals surface area contributed by atoms with Crippen LogP contribution in [0.25, 0.3) is 0 Å². The second-order valence-electron chi connectivity index (χ2n) is 5.96. The van der Waals surface area contributed by atoms with E-state index < -0.39 is 29.6 Å². The molecule has 156 valence electrons. The van der Waals surface area contributed by atoms with Crippen LogP contribution in [0.1, 0.15) is 34.1 Å². The van der Waals surface area contributed by atoms with Gasteiger partial charge in [0.05, 0.1) is 20.1 Å². The third-order valence-corrected chi connectivity index (χ3v) is 3.83. The van der Waals surface area contributed by atoms with Crippen molar-refractivity contribution < 1.29 is 32.2 Å². The van der Waals surface area contributed by atoms with Crippen LogP contribution in [0.15, 0.2) is 30.3 Å². The van der Waals surface area contributed by atoms with E-state index in [-0.39, 0.29) is 24.2 Å². The first-order valence-corrected chi connectivity index (χ1v) is 8.59. The number of aromatic nitrogens is 1. The molecule has 0 saturated carbocycles. The molecule has 1 aromatic heterocycles. The van der Waals surface area contributed by atoms with Crippen LogP contribution in [-0.4, -0.2) is 30.6 Å². The van der Waals surface area contributed by atoms with E-state index >= 15 is 0 Å². The fourth-order valence-electron chi connectivity index (χ4n) is 2.47. The molecule has 0 bridgehead atoms. The number of anilines is 1. The summed E-state index contributed by atoms with van der Waals surface area (Å²) in [6.45, 7) is 2.92. The number of ether oxygens (including phenoxy) is 2. The lowest BCUT2D eigenvalue weighted by Gasteiger charge is -2.16. The quantitative estimate of drug-likeness (QED) is 0.537. The number of hydrazine groups is 1. The van der Waals surface area contributed by atoms with E-state index in [1.807, 2.05) is 0 Å². The van der Waals surface area contributed by atoms with Crippen molar-refractivity contribution >= 4 is 17.7 Å². The van der Waals surface area contributed by atoms with Crippen LogP contribution in [0.2, 0.25) is 0 Å². The van der Waals surface area contributed by atoms with Crippen molar-refractivity contribution in [2.45, 2.75) is 26.4 Å². The van der Waals surface area contributed by atoms with Crippen molar-refractivity contribution in [2.24, 2.45) is 0 Å². The minimum Gasteiger partial charge on any atom is -0.497 e. The molecule has 29 heavy (non-hydrogen) atoms. The molecule has 0 spiro atoms. The standard InChI is InChI=1S/C19H20F3N3O4/c1-4-29-18(27)16-11(2)9-14(19(20,21)22)23-17(16)25-24-15(26)10-12-5-7-13(28-3)8-6-12/h5-9H,4,10H2,1-3H3,(H,23,25)(H,24,26). The molecule has 0 atom stereocenters. The molecule has 1 heterocycles. The number of benzene rings is 1. The first-order valence-electron chi connectivity index (χ1n) is 8.59. The van der Waals surface area contributed by atoms with Gasteiger partial charge in [0, 0.05) is 0 Å². The summed E-state index contributed by atoms with van der Waals surface area (Å²) in [7, 11) is 1.51. The fourth-order valence-corrected chi connectivity index (χ4v) is 2.47. The second kappa shape index (κ2) is 9.26. The summed E-state index contributed by atoms with van der Waals surface area (Å²) in [6, 6.07) is 7.44. The fraction of sp³-hybridized carbons (Fsp3) is 0.316. The Morgan fingerprint density at radius 1 is 1.17 bits per heavy atom. The van der Waals surface area contributed by atoms with Crippen LogP contribution in [0.5, 0.6) is 5.75 Å². The topological polar surface area (TPSA) is 89.5 Å². The lowest BCUT2D eigenvalue weighted by atomic mass is 10.1. The van der Waals surface area contributed by atoms with Gasteiger partial charge in [-0.1, -0.05) is 12.1 Å². The summed E-state index contributed by atoms with van der Waals surface area (Å²) < 4.78 is 49.1. The van der Waals surface area contributed by atoms with Gasteiger partial charge in [0.15, 0.2) is 5.82 Å². The molecule has 2 aromatic rings. The largest absolute Gasteiger partial charge is 0.497 e. The number of carbonyl (C=O) groups is 2. The second-order valence-corrected chi connectivity index (χ2v) is 5.96. The molecule has 2 rings (SSSR count). The molecule has 0 aliphatic carbocycles. The summed E-state index contributed by atoms with van der Waals surface area (Å²) in [6.07, 6.45) is -4.77. The normalized spacial score (nSPS) is 11.0. The minimum absolute atomic E-state index is 0.0117. The maximum atomic E-state index is 13.1. The number of esters is 1. The number of pyridine rings is 1. The van der Waals surface area contributed by atoms with Crippen LogP contribution in [0.4, 0.5) is 19.0 Å². The van der Waals surface area contributed by atoms with Crippen LogP contribution < -0.4 is 15.6 Å². The Kier molecular flexibility index (Phi) is 7.03. The summed E-state index contributed by atoms with van der Waals surface area (Å²) in [5.74, 6) is -1.21. The Hall–Kier alpha value is -3.30. The maximum Gasteiger partial charge on any atom is 0.433 e. The third-order valence-electron chi connectivity index (χ3n) is 3.83. The summed E-state index contributed by atoms with van der Waals surface area (Å²) >= 11 is 0. The molecule has 1 amide bonds. The van der Waals surface area contributed by atoms with Gasteiger partial charge in [-0.2, -0.15) is 13.2 Å². The SMILES string of the molecule is CCOC(=O)c1c(C)cc(C(F)(F)F)nc1NNC(=O)Cc1ccc(OC)cc1. The smallest absolute Gasteiger partial charge is 0.433 e. The number of hydrogen-bond donors (Lipinski definition) is 2. The predicted molar refractivity (Wildman–Crippen MR) is 98.4 cm³/mol. The van der Waals surface area contributed by atoms with Gasteiger partial charge < -0.3 is 9.47 Å². The molecule has 0 unspecified atom stereocenters. The van der Waals surface area contributed by atoms with E-state index in [4.69, 9.17) is 9.47 Å². The van der Waals surface area contributed by atoms with E-state index in [2.05, 4.69) is 15.8 Å². The van der Waals surface area contributed by atoms with Crippen LogP contribution in [0, 0.1) is 6.92 Å². The molecule has 1 aromatic carbocycles. The van der Waals surface area contributed by atoms with Crippen molar-refractivity contribution in [3.8, 4) is 5.75 Å². The van der Waals surface area contributed by atoms with Gasteiger partial charge in [-0.05, 0) is 43.2 Å². The van der Waals surface area contributed by atoms with E-state index in [9.17, 15) is 22.8 Å². The van der Waals surface area contributed by atoms with Gasteiger partial charge in [-0.25, -0.2) is 9.78 Å². The molecule has 0 fully saturated rings. The number of nitrogens with zero attached hydrogens (tertiary/aromatic N) is 1. The average molecular weight is 411 g/mol. The van der Waals surface area contributed by atoms with E-state index in [1.165, 1.54) is 14.0 Å². The zero-order valence-electron chi connectivity index (χ0n) is 16.0. The average Bonchev–Trinajstić information content (AvgIpc) is 2.66. The van der Waals surface area contributed by atoms with E-state index in [1.54, 1.807) is 31.2 Å². The number of amides is 1. The van der Waals surface area contributed by atoms with Gasteiger partial charge in [0.2, 0.25) is 5.91 Å². The number of rotatable bonds is 7. The maximum absolute atomic E-state index is 13.1. The first kappa shape index (κ1) is 22.0. The van der Waals surface area contributed by atoms with Crippen LogP contribution in [0.3, 0.4) is 0 Å². The van der Waals surface area contributed by atoms with Gasteiger partial charge in [0.25, 0.3) is 0 Å². The molecular formula is C19H20F3N3O4. The zero-order valence-corrected chi connectivity index (χ0v) is 16.0. The van der Waals surface area contributed by atoms with Gasteiger partial charge in [-0.15, -0.1) is 0 Å². The Labute approximate surface area is 165 Å². The number of carbonyl (C=O) groups excluding carboxylic acids is 2. The van der Waals surface area contributed by atoms with Crippen molar-refractivity contribution in [2.75, 3.05) is 19.1 Å². The highest BCUT2D eigenvalue weighted by atomic mass is 19.4. The number of halogens is 3. The van der Waals surface area contributed by atoms with E-state index in [0.29, 0.717) is 11.3 Å². The van der Waals surface area contributed by atoms with Gasteiger partial charge in [0.1, 0.15) is 17.0 Å². The van der Waals surface area contributed by atoms with Crippen LogP contribution in [-0.2, 0) is 22.1 Å². The molecule has 0 aliphatic rings. The van der Waals surface area contributed by atoms with Crippen molar-refractivity contribution in [3.63, 3.8) is 0 Å². The highest BCUT2D eigenvalue weighted by Crippen LogP contribution is 2.31. The van der Waals surface area contributed by atoms with Gasteiger partial charge in [-0.3, -0.25) is 15.6 Å². The summed E-state index contributed by atoms with van der Waals surface area (Å²) in [5, 5.41) is 0. The number of aryl methyl sites for hydroxylation is 1. The zero-order chi connectivity index (χ0) is 21.6. The van der Waals surface area contributed by atoms with E-state index in [0.717, 1.165) is 6.07 Å². The summed E-state index contributed by atoms with van der Waals surface area (Å²) in [4.78, 5) is 27.7. The van der Waals surface area contributed by atoms with Crippen molar-refractivity contribution in [1.82, 2.24) is 10.4 Å². The lowest BCUT2D eigenvalue weighted by Crippen LogP contribution is -2.32. The molecular weight excluding hydrogens is 391 g/mol. The molecule has 7 nitrogen and oxygen atoms in total. The molecule has 0 aliphatic heterocycles. The van der Waals surface area contributed by atoms with Crippen molar-refractivity contribution in [1.29, 1.82) is 0 Å². The molecule has 0 radical (unpaired) electrons. The number of methoxy groups -OCH3 is 1. The number of alkyl halides is 3. The van der Waals surface area contributed by atoms with Crippen LogP contribution >= 0.6 is 0 Å². The third kappa shape index (κ3) is 5.84. The Balaban J connectivity index is 2.21. The molecule has 2 N–H and O–H groups in total. The minimum atomic E-state index is -4.72. The van der Waals surface area contributed by atoms with Gasteiger partial charge >= 0.3 is 12.1 Å². The molecule has 10 heteroatoms. The Bertz CT molecular complexity index is 884. The highest BCUT2D eigenvalue weighted by molar-refractivity contribution is 5.96. The first-order chi connectivity index (χ1) is 13.7. The lowest BCUT2D eigenvalue weighted by molar-refractivity contribution is -0.141. The monoisotopic (exact) mass is 411 g/mol. The number of nitrogens with one attached hydrogen (secondary N) is 2. The predicted octanol–water partition coefficient (Wildman–Crippen LogP) is 3.28. The molecule has 0 saturated heterocycles. The van der Waals surface area contributed by atoms with Crippen molar-refractivity contribution in [3.05, 3.63) is 52.7 Å². The highest BCUT2D eigenvalue weighted by Gasteiger charge is 2.35. The summed E-state index contributed by atoms with van der Waals surface area (Å²) in [5.41, 5.74) is 3.85. The number of hydrogen-bond acceptors (Lipinski definition) is 6. The Morgan fingerprint density at radius 3 is 2.38 bits per heavy atom. The Morgan fingerprint density at radius 2 is 1.83 bits per heavy atom.